The highest BCUT2D eigenvalue weighted by Gasteiger charge is 2.15. The first-order valence-electron chi connectivity index (χ1n) is 7.94. The SMILES string of the molecule is CC(C)C(=O)Nc1cccc(NC(=O)COc2ccccc2[N+](=O)[O-])c1. The summed E-state index contributed by atoms with van der Waals surface area (Å²) in [6.45, 7) is 3.18. The van der Waals surface area contributed by atoms with Crippen LogP contribution in [0.4, 0.5) is 17.1 Å². The van der Waals surface area contributed by atoms with E-state index in [1.165, 1.54) is 18.2 Å². The summed E-state index contributed by atoms with van der Waals surface area (Å²) >= 11 is 0. The molecule has 2 aromatic rings. The largest absolute Gasteiger partial charge is 0.477 e. The molecule has 0 aliphatic carbocycles. The predicted octanol–water partition coefficient (Wildman–Crippen LogP) is 3.21. The molecule has 0 spiro atoms. The minimum absolute atomic E-state index is 0.0191. The van der Waals surface area contributed by atoms with Gasteiger partial charge in [-0.05, 0) is 24.3 Å². The van der Waals surface area contributed by atoms with E-state index in [0.29, 0.717) is 11.4 Å². The lowest BCUT2D eigenvalue weighted by Crippen LogP contribution is -2.21. The topological polar surface area (TPSA) is 111 Å². The van der Waals surface area contributed by atoms with Gasteiger partial charge >= 0.3 is 5.69 Å². The first-order chi connectivity index (χ1) is 12.4. The number of nitro benzene ring substituents is 1. The molecule has 0 fully saturated rings. The summed E-state index contributed by atoms with van der Waals surface area (Å²) in [5, 5.41) is 16.3. The van der Waals surface area contributed by atoms with Gasteiger partial charge in [0.1, 0.15) is 0 Å². The fourth-order valence-electron chi connectivity index (χ4n) is 2.03. The summed E-state index contributed by atoms with van der Waals surface area (Å²) in [5.41, 5.74) is 0.822. The van der Waals surface area contributed by atoms with Gasteiger partial charge in [0.05, 0.1) is 4.92 Å². The van der Waals surface area contributed by atoms with Crippen LogP contribution >= 0.6 is 0 Å². The average molecular weight is 357 g/mol. The fourth-order valence-corrected chi connectivity index (χ4v) is 2.03. The third-order valence-corrected chi connectivity index (χ3v) is 3.36. The molecule has 0 aliphatic rings. The maximum atomic E-state index is 12.0. The lowest BCUT2D eigenvalue weighted by molar-refractivity contribution is -0.385. The second-order valence-electron chi connectivity index (χ2n) is 5.79. The first kappa shape index (κ1) is 18.9. The Hall–Kier alpha value is -3.42. The molecule has 26 heavy (non-hydrogen) atoms. The number of nitrogens with one attached hydrogen (secondary N) is 2. The van der Waals surface area contributed by atoms with E-state index in [1.807, 2.05) is 0 Å². The van der Waals surface area contributed by atoms with Crippen LogP contribution in [0.15, 0.2) is 48.5 Å². The fraction of sp³-hybridized carbons (Fsp3) is 0.222. The van der Waals surface area contributed by atoms with E-state index in [0.717, 1.165) is 0 Å². The number of hydrogen-bond donors (Lipinski definition) is 2. The van der Waals surface area contributed by atoms with Crippen molar-refractivity contribution in [3.05, 3.63) is 58.6 Å². The normalized spacial score (nSPS) is 10.3. The number of benzene rings is 2. The lowest BCUT2D eigenvalue weighted by atomic mass is 10.2. The zero-order valence-electron chi connectivity index (χ0n) is 14.4. The maximum Gasteiger partial charge on any atom is 0.310 e. The van der Waals surface area contributed by atoms with Gasteiger partial charge in [0.2, 0.25) is 5.91 Å². The molecule has 0 saturated carbocycles. The van der Waals surface area contributed by atoms with Crippen molar-refractivity contribution < 1.29 is 19.2 Å². The van der Waals surface area contributed by atoms with E-state index >= 15 is 0 Å². The molecule has 0 bridgehead atoms. The molecule has 0 radical (unpaired) electrons. The third-order valence-electron chi connectivity index (χ3n) is 3.36. The van der Waals surface area contributed by atoms with E-state index in [-0.39, 0.29) is 29.9 Å². The maximum absolute atomic E-state index is 12.0. The molecule has 0 atom stereocenters. The summed E-state index contributed by atoms with van der Waals surface area (Å²) in [5.74, 6) is -0.752. The molecule has 0 aliphatic heterocycles. The molecule has 2 rings (SSSR count). The number of anilines is 2. The highest BCUT2D eigenvalue weighted by molar-refractivity contribution is 5.95. The van der Waals surface area contributed by atoms with Crippen LogP contribution in [-0.4, -0.2) is 23.3 Å². The number of carbonyl (C=O) groups is 2. The van der Waals surface area contributed by atoms with Gasteiger partial charge in [-0.15, -0.1) is 0 Å². The van der Waals surface area contributed by atoms with Crippen LogP contribution in [0, 0.1) is 16.0 Å². The van der Waals surface area contributed by atoms with Crippen LogP contribution < -0.4 is 15.4 Å². The third kappa shape index (κ3) is 5.30. The number of nitrogens with zero attached hydrogens (tertiary/aromatic N) is 1. The lowest BCUT2D eigenvalue weighted by Gasteiger charge is -2.11. The number of ether oxygens (including phenoxy) is 1. The Labute approximate surface area is 150 Å². The molecule has 0 unspecified atom stereocenters. The Morgan fingerprint density at radius 2 is 1.73 bits per heavy atom. The van der Waals surface area contributed by atoms with Crippen LogP contribution in [0.1, 0.15) is 13.8 Å². The van der Waals surface area contributed by atoms with Gasteiger partial charge in [-0.1, -0.05) is 32.0 Å². The van der Waals surface area contributed by atoms with Crippen LogP contribution in [0.2, 0.25) is 0 Å². The van der Waals surface area contributed by atoms with Crippen molar-refractivity contribution >= 4 is 28.9 Å². The highest BCUT2D eigenvalue weighted by atomic mass is 16.6. The van der Waals surface area contributed by atoms with Crippen LogP contribution in [0.3, 0.4) is 0 Å². The molecule has 0 heterocycles. The van der Waals surface area contributed by atoms with E-state index in [2.05, 4.69) is 10.6 Å². The zero-order chi connectivity index (χ0) is 19.1. The van der Waals surface area contributed by atoms with Gasteiger partial charge in [0.25, 0.3) is 5.91 Å². The summed E-state index contributed by atoms with van der Waals surface area (Å²) in [7, 11) is 0. The number of carbonyl (C=O) groups excluding carboxylic acids is 2. The van der Waals surface area contributed by atoms with Gasteiger partial charge in [-0.2, -0.15) is 0 Å². The van der Waals surface area contributed by atoms with Crippen molar-refractivity contribution in [2.45, 2.75) is 13.8 Å². The van der Waals surface area contributed by atoms with Crippen molar-refractivity contribution in [3.8, 4) is 5.75 Å². The number of para-hydroxylation sites is 2. The molecule has 2 N–H and O–H groups in total. The summed E-state index contributed by atoms with van der Waals surface area (Å²) in [4.78, 5) is 34.1. The Balaban J connectivity index is 1.96. The standard InChI is InChI=1S/C18H19N3O5/c1-12(2)18(23)20-14-7-5-6-13(10-14)19-17(22)11-26-16-9-4-3-8-15(16)21(24)25/h3-10,12H,11H2,1-2H3,(H,19,22)(H,20,23). The van der Waals surface area contributed by atoms with Crippen molar-refractivity contribution in [1.29, 1.82) is 0 Å². The minimum atomic E-state index is -0.575. The molecule has 0 saturated heterocycles. The highest BCUT2D eigenvalue weighted by Crippen LogP contribution is 2.25. The number of nitro groups is 1. The molecule has 8 nitrogen and oxygen atoms in total. The van der Waals surface area contributed by atoms with E-state index in [4.69, 9.17) is 4.74 Å². The number of rotatable bonds is 7. The van der Waals surface area contributed by atoms with E-state index in [9.17, 15) is 19.7 Å². The quantitative estimate of drug-likeness (QED) is 0.584. The molecule has 2 amide bonds. The van der Waals surface area contributed by atoms with Gasteiger partial charge < -0.3 is 15.4 Å². The molecular formula is C18H19N3O5. The molecule has 136 valence electrons. The average Bonchev–Trinajstić information content (AvgIpc) is 2.60. The predicted molar refractivity (Wildman–Crippen MR) is 97.1 cm³/mol. The summed E-state index contributed by atoms with van der Waals surface area (Å²) in [6.07, 6.45) is 0. The van der Waals surface area contributed by atoms with Crippen LogP contribution in [0.25, 0.3) is 0 Å². The van der Waals surface area contributed by atoms with Crippen molar-refractivity contribution in [2.24, 2.45) is 5.92 Å². The van der Waals surface area contributed by atoms with Gasteiger partial charge in [0.15, 0.2) is 12.4 Å². The number of amides is 2. The molecule has 8 heteroatoms. The summed E-state index contributed by atoms with van der Waals surface area (Å²) in [6, 6.07) is 12.5. The van der Waals surface area contributed by atoms with Crippen LogP contribution in [0.5, 0.6) is 5.75 Å². The van der Waals surface area contributed by atoms with E-state index < -0.39 is 10.8 Å². The Morgan fingerprint density at radius 1 is 1.08 bits per heavy atom. The van der Waals surface area contributed by atoms with Crippen molar-refractivity contribution in [2.75, 3.05) is 17.2 Å². The Morgan fingerprint density at radius 3 is 2.38 bits per heavy atom. The molecular weight excluding hydrogens is 338 g/mol. The van der Waals surface area contributed by atoms with Gasteiger partial charge in [-0.25, -0.2) is 0 Å². The smallest absolute Gasteiger partial charge is 0.310 e. The molecule has 0 aromatic heterocycles. The van der Waals surface area contributed by atoms with Crippen LogP contribution in [-0.2, 0) is 9.59 Å². The monoisotopic (exact) mass is 357 g/mol. The van der Waals surface area contributed by atoms with Gasteiger partial charge in [-0.3, -0.25) is 19.7 Å². The van der Waals surface area contributed by atoms with Gasteiger partial charge in [0, 0.05) is 23.4 Å². The van der Waals surface area contributed by atoms with Crippen molar-refractivity contribution in [3.63, 3.8) is 0 Å². The second-order valence-corrected chi connectivity index (χ2v) is 5.79. The van der Waals surface area contributed by atoms with E-state index in [1.54, 1.807) is 44.2 Å². The Bertz CT molecular complexity index is 820. The van der Waals surface area contributed by atoms with Crippen molar-refractivity contribution in [1.82, 2.24) is 0 Å². The second kappa shape index (κ2) is 8.61. The first-order valence-corrected chi connectivity index (χ1v) is 7.94. The molecule has 2 aromatic carbocycles. The Kier molecular flexibility index (Phi) is 6.26. The zero-order valence-corrected chi connectivity index (χ0v) is 14.4. The summed E-state index contributed by atoms with van der Waals surface area (Å²) < 4.78 is 5.24. The minimum Gasteiger partial charge on any atom is -0.477 e. The number of hydrogen-bond acceptors (Lipinski definition) is 5.